The lowest BCUT2D eigenvalue weighted by Gasteiger charge is -2.40. The minimum Gasteiger partial charge on any atom is -0.340 e. The van der Waals surface area contributed by atoms with E-state index in [9.17, 15) is 14.4 Å². The number of nitrogens with one attached hydrogen (secondary N) is 1. The van der Waals surface area contributed by atoms with Crippen molar-refractivity contribution in [3.05, 3.63) is 0 Å². The van der Waals surface area contributed by atoms with Gasteiger partial charge in [-0.3, -0.25) is 14.5 Å². The Balaban J connectivity index is 1.63. The van der Waals surface area contributed by atoms with Gasteiger partial charge in [0.1, 0.15) is 12.1 Å². The smallest absolute Gasteiger partial charge is 0.325 e. The van der Waals surface area contributed by atoms with Crippen molar-refractivity contribution in [2.75, 3.05) is 19.6 Å². The number of imide groups is 1. The first-order valence-electron chi connectivity index (χ1n) is 9.80. The molecule has 3 aliphatic rings. The van der Waals surface area contributed by atoms with Crippen molar-refractivity contribution in [1.29, 1.82) is 0 Å². The number of hydrogen-bond acceptors (Lipinski definition) is 4. The van der Waals surface area contributed by atoms with Crippen LogP contribution >= 0.6 is 0 Å². The molecule has 146 valence electrons. The molecule has 1 saturated carbocycles. The molecule has 0 radical (unpaired) electrons. The molecule has 0 aromatic carbocycles. The summed E-state index contributed by atoms with van der Waals surface area (Å²) in [6.07, 6.45) is 4.91. The molecule has 0 bridgehead atoms. The number of likely N-dealkylation sites (tertiary alicyclic amines) is 1. The van der Waals surface area contributed by atoms with Gasteiger partial charge in [-0.05, 0) is 49.9 Å². The van der Waals surface area contributed by atoms with Crippen molar-refractivity contribution in [2.45, 2.75) is 70.9 Å². The molecular formula is C19H32N4O3. The van der Waals surface area contributed by atoms with E-state index in [4.69, 9.17) is 5.73 Å². The Morgan fingerprint density at radius 2 is 1.88 bits per heavy atom. The Bertz CT molecular complexity index is 590. The SMILES string of the molecule is CC(C)(C)C1CCC2(CC1)NC(=O)N(CC(=O)N1CCCC(N)C1)C2=O. The highest BCUT2D eigenvalue weighted by Crippen LogP contribution is 2.43. The molecule has 1 aliphatic carbocycles. The summed E-state index contributed by atoms with van der Waals surface area (Å²) in [6, 6.07) is -0.450. The third-order valence-electron chi connectivity index (χ3n) is 6.41. The third kappa shape index (κ3) is 3.59. The number of nitrogens with two attached hydrogens (primary N) is 1. The van der Waals surface area contributed by atoms with Crippen molar-refractivity contribution in [3.8, 4) is 0 Å². The number of nitrogens with zero attached hydrogens (tertiary/aromatic N) is 2. The highest BCUT2D eigenvalue weighted by molar-refractivity contribution is 6.09. The van der Waals surface area contributed by atoms with Crippen molar-refractivity contribution in [3.63, 3.8) is 0 Å². The lowest BCUT2D eigenvalue weighted by atomic mass is 9.67. The van der Waals surface area contributed by atoms with Gasteiger partial charge in [-0.2, -0.15) is 0 Å². The van der Waals surface area contributed by atoms with Crippen LogP contribution in [0.2, 0.25) is 0 Å². The summed E-state index contributed by atoms with van der Waals surface area (Å²) in [5.74, 6) is 0.122. The molecule has 7 nitrogen and oxygen atoms in total. The molecule has 3 N–H and O–H groups in total. The molecule has 3 fully saturated rings. The van der Waals surface area contributed by atoms with E-state index in [0.717, 1.165) is 30.6 Å². The molecule has 4 amide bonds. The first-order chi connectivity index (χ1) is 12.1. The number of piperidine rings is 1. The van der Waals surface area contributed by atoms with Crippen LogP contribution in [0.25, 0.3) is 0 Å². The van der Waals surface area contributed by atoms with Gasteiger partial charge in [-0.15, -0.1) is 0 Å². The standard InChI is InChI=1S/C19H32N4O3/c1-18(2,3)13-6-8-19(9-7-13)16(25)23(17(26)21-19)12-15(24)22-10-4-5-14(20)11-22/h13-14H,4-12,20H2,1-3H3,(H,21,26). The molecule has 26 heavy (non-hydrogen) atoms. The fourth-order valence-electron chi connectivity index (χ4n) is 4.61. The molecule has 2 saturated heterocycles. The zero-order valence-corrected chi connectivity index (χ0v) is 16.2. The van der Waals surface area contributed by atoms with Crippen LogP contribution in [-0.4, -0.2) is 58.9 Å². The largest absolute Gasteiger partial charge is 0.340 e. The fourth-order valence-corrected chi connectivity index (χ4v) is 4.61. The van der Waals surface area contributed by atoms with Crippen molar-refractivity contribution < 1.29 is 14.4 Å². The lowest BCUT2D eigenvalue weighted by Crippen LogP contribution is -2.52. The maximum absolute atomic E-state index is 13.0. The third-order valence-corrected chi connectivity index (χ3v) is 6.41. The molecule has 0 aromatic heterocycles. The van der Waals surface area contributed by atoms with E-state index in [1.807, 2.05) is 0 Å². The topological polar surface area (TPSA) is 95.7 Å². The van der Waals surface area contributed by atoms with Crippen LogP contribution in [-0.2, 0) is 9.59 Å². The highest BCUT2D eigenvalue weighted by atomic mass is 16.2. The van der Waals surface area contributed by atoms with Gasteiger partial charge in [-0.25, -0.2) is 4.79 Å². The van der Waals surface area contributed by atoms with E-state index >= 15 is 0 Å². The Labute approximate surface area is 155 Å². The Kier molecular flexibility index (Phi) is 5.03. The van der Waals surface area contributed by atoms with Crippen LogP contribution in [0.3, 0.4) is 0 Å². The minimum atomic E-state index is -0.808. The van der Waals surface area contributed by atoms with E-state index in [0.29, 0.717) is 31.8 Å². The van der Waals surface area contributed by atoms with Gasteiger partial charge in [0.15, 0.2) is 0 Å². The number of carbonyl (C=O) groups is 3. The van der Waals surface area contributed by atoms with Gasteiger partial charge in [0.25, 0.3) is 5.91 Å². The van der Waals surface area contributed by atoms with Crippen LogP contribution < -0.4 is 11.1 Å². The Morgan fingerprint density at radius 1 is 1.23 bits per heavy atom. The van der Waals surface area contributed by atoms with E-state index in [1.54, 1.807) is 4.90 Å². The molecule has 7 heteroatoms. The second-order valence-electron chi connectivity index (χ2n) is 9.29. The second-order valence-corrected chi connectivity index (χ2v) is 9.29. The second kappa shape index (κ2) is 6.83. The molecule has 1 spiro atoms. The number of urea groups is 1. The summed E-state index contributed by atoms with van der Waals surface area (Å²) in [5, 5.41) is 2.90. The first-order valence-corrected chi connectivity index (χ1v) is 9.80. The lowest BCUT2D eigenvalue weighted by molar-refractivity contribution is -0.140. The maximum Gasteiger partial charge on any atom is 0.325 e. The highest BCUT2D eigenvalue weighted by Gasteiger charge is 2.53. The predicted molar refractivity (Wildman–Crippen MR) is 98.2 cm³/mol. The normalized spacial score (nSPS) is 32.9. The van der Waals surface area contributed by atoms with Gasteiger partial charge < -0.3 is 16.0 Å². The van der Waals surface area contributed by atoms with Gasteiger partial charge in [0, 0.05) is 19.1 Å². The first kappa shape index (κ1) is 19.1. The zero-order chi connectivity index (χ0) is 19.1. The summed E-state index contributed by atoms with van der Waals surface area (Å²) in [5.41, 5.74) is 5.33. The number of hydrogen-bond donors (Lipinski definition) is 2. The van der Waals surface area contributed by atoms with Crippen LogP contribution in [0, 0.1) is 11.3 Å². The summed E-state index contributed by atoms with van der Waals surface area (Å²) in [4.78, 5) is 40.7. The van der Waals surface area contributed by atoms with Crippen LogP contribution in [0.15, 0.2) is 0 Å². The summed E-state index contributed by atoms with van der Waals surface area (Å²) in [6.45, 7) is 7.63. The molecule has 1 unspecified atom stereocenters. The van der Waals surface area contributed by atoms with Crippen molar-refractivity contribution in [1.82, 2.24) is 15.1 Å². The van der Waals surface area contributed by atoms with Gasteiger partial charge in [-0.1, -0.05) is 20.8 Å². The van der Waals surface area contributed by atoms with Gasteiger partial charge in [0.05, 0.1) is 0 Å². The van der Waals surface area contributed by atoms with E-state index in [-0.39, 0.29) is 29.8 Å². The molecule has 1 atom stereocenters. The van der Waals surface area contributed by atoms with Crippen molar-refractivity contribution in [2.24, 2.45) is 17.1 Å². The quantitative estimate of drug-likeness (QED) is 0.725. The summed E-state index contributed by atoms with van der Waals surface area (Å²) in [7, 11) is 0. The maximum atomic E-state index is 13.0. The monoisotopic (exact) mass is 364 g/mol. The van der Waals surface area contributed by atoms with Crippen LogP contribution in [0.5, 0.6) is 0 Å². The molecule has 2 heterocycles. The summed E-state index contributed by atoms with van der Waals surface area (Å²) < 4.78 is 0. The van der Waals surface area contributed by atoms with Crippen LogP contribution in [0.1, 0.15) is 59.3 Å². The molecule has 0 aromatic rings. The number of carbonyl (C=O) groups excluding carboxylic acids is 3. The Morgan fingerprint density at radius 3 is 2.46 bits per heavy atom. The van der Waals surface area contributed by atoms with E-state index in [1.165, 1.54) is 0 Å². The number of rotatable bonds is 2. The average molecular weight is 364 g/mol. The molecule has 3 rings (SSSR count). The fraction of sp³-hybridized carbons (Fsp3) is 0.842. The zero-order valence-electron chi connectivity index (χ0n) is 16.2. The van der Waals surface area contributed by atoms with E-state index < -0.39 is 11.6 Å². The minimum absolute atomic E-state index is 0.0187. The van der Waals surface area contributed by atoms with Gasteiger partial charge in [0.2, 0.25) is 5.91 Å². The van der Waals surface area contributed by atoms with Gasteiger partial charge >= 0.3 is 6.03 Å². The predicted octanol–water partition coefficient (Wildman–Crippen LogP) is 1.46. The van der Waals surface area contributed by atoms with E-state index in [2.05, 4.69) is 26.1 Å². The Hall–Kier alpha value is -1.63. The summed E-state index contributed by atoms with van der Waals surface area (Å²) >= 11 is 0. The molecular weight excluding hydrogens is 332 g/mol. The van der Waals surface area contributed by atoms with Crippen molar-refractivity contribution >= 4 is 17.8 Å². The number of amides is 4. The van der Waals surface area contributed by atoms with Crippen LogP contribution in [0.4, 0.5) is 4.79 Å². The molecule has 2 aliphatic heterocycles. The average Bonchev–Trinajstić information content (AvgIpc) is 2.78.